The van der Waals surface area contributed by atoms with E-state index in [0.29, 0.717) is 0 Å². The second kappa shape index (κ2) is 8.21. The predicted octanol–water partition coefficient (Wildman–Crippen LogP) is 1.24. The van der Waals surface area contributed by atoms with Gasteiger partial charge in [0.15, 0.2) is 12.2 Å². The molecule has 0 amide bonds. The number of aliphatic carboxylic acids is 2. The number of hydrogen-bond donors (Lipinski definition) is 4. The molecule has 4 N–H and O–H groups in total. The maximum atomic E-state index is 10.2. The smallest absolute Gasteiger partial charge is 0.332 e. The number of carboxylic acid groups (broad SMARTS) is 2. The van der Waals surface area contributed by atoms with Crippen molar-refractivity contribution in [3.05, 3.63) is 0 Å². The fraction of sp³-hybridized carbons (Fsp3) is 0.857. The highest BCUT2D eigenvalue weighted by atomic mass is 16.4. The molecule has 2 aliphatic carbocycles. The fourth-order valence-corrected chi connectivity index (χ4v) is 2.95. The van der Waals surface area contributed by atoms with Gasteiger partial charge < -0.3 is 20.4 Å². The molecule has 20 heavy (non-hydrogen) atoms. The molecular formula is C14H24O6. The molecule has 2 aliphatic rings. The Morgan fingerprint density at radius 1 is 0.700 bits per heavy atom. The molecule has 0 aliphatic heterocycles. The molecule has 0 aromatic rings. The van der Waals surface area contributed by atoms with Gasteiger partial charge in [0.1, 0.15) is 0 Å². The average molecular weight is 288 g/mol. The molecule has 0 aromatic carbocycles. The molecule has 6 heteroatoms. The van der Waals surface area contributed by atoms with Crippen LogP contribution in [0.2, 0.25) is 0 Å². The minimum atomic E-state index is -1.12. The highest BCUT2D eigenvalue weighted by Crippen LogP contribution is 2.28. The van der Waals surface area contributed by atoms with Crippen LogP contribution in [0.5, 0.6) is 0 Å². The largest absolute Gasteiger partial charge is 0.479 e. The number of carbonyl (C=O) groups is 2. The minimum absolute atomic E-state index is 0.0116. The Kier molecular flexibility index (Phi) is 6.95. The molecule has 2 saturated carbocycles. The van der Waals surface area contributed by atoms with Gasteiger partial charge in [-0.05, 0) is 37.5 Å². The molecule has 2 rings (SSSR count). The Morgan fingerprint density at radius 2 is 0.950 bits per heavy atom. The van der Waals surface area contributed by atoms with E-state index in [1.54, 1.807) is 0 Å². The normalized spacial score (nSPS) is 22.9. The third kappa shape index (κ3) is 5.09. The van der Waals surface area contributed by atoms with E-state index in [2.05, 4.69) is 0 Å². The third-order valence-corrected chi connectivity index (χ3v) is 4.20. The van der Waals surface area contributed by atoms with Crippen LogP contribution in [0.4, 0.5) is 0 Å². The number of rotatable bonds is 4. The van der Waals surface area contributed by atoms with Gasteiger partial charge in [0, 0.05) is 0 Å². The Bertz CT molecular complexity index is 286. The molecule has 0 unspecified atom stereocenters. The van der Waals surface area contributed by atoms with Gasteiger partial charge in [-0.1, -0.05) is 25.7 Å². The predicted molar refractivity (Wildman–Crippen MR) is 71.2 cm³/mol. The van der Waals surface area contributed by atoms with E-state index in [0.717, 1.165) is 51.4 Å². The lowest BCUT2D eigenvalue weighted by atomic mass is 10.0. The Labute approximate surface area is 118 Å². The molecule has 0 heterocycles. The SMILES string of the molecule is O=C(O)[C@H](O)C1CCCC1.O=C(O)[C@H](O)C1CCCC1. The first kappa shape index (κ1) is 16.9. The Hall–Kier alpha value is -1.14. The van der Waals surface area contributed by atoms with Crippen molar-refractivity contribution in [2.45, 2.75) is 63.6 Å². The van der Waals surface area contributed by atoms with Crippen molar-refractivity contribution in [1.29, 1.82) is 0 Å². The lowest BCUT2D eigenvalue weighted by molar-refractivity contribution is -0.150. The van der Waals surface area contributed by atoms with Crippen LogP contribution in [0, 0.1) is 11.8 Å². The summed E-state index contributed by atoms with van der Waals surface area (Å²) in [5.74, 6) is -2.13. The van der Waals surface area contributed by atoms with Crippen molar-refractivity contribution >= 4 is 11.9 Å². The van der Waals surface area contributed by atoms with Crippen LogP contribution in [0.15, 0.2) is 0 Å². The standard InChI is InChI=1S/2C7H12O3/c2*8-6(7(9)10)5-3-1-2-4-5/h2*5-6,8H,1-4H2,(H,9,10)/t2*6-/m11/s1. The Morgan fingerprint density at radius 3 is 1.15 bits per heavy atom. The first-order valence-electron chi connectivity index (χ1n) is 7.25. The lowest BCUT2D eigenvalue weighted by Gasteiger charge is -2.11. The van der Waals surface area contributed by atoms with Crippen molar-refractivity contribution in [3.8, 4) is 0 Å². The maximum absolute atomic E-state index is 10.2. The molecule has 116 valence electrons. The van der Waals surface area contributed by atoms with Crippen molar-refractivity contribution in [2.24, 2.45) is 11.8 Å². The molecule has 6 nitrogen and oxygen atoms in total. The van der Waals surface area contributed by atoms with E-state index >= 15 is 0 Å². The monoisotopic (exact) mass is 288 g/mol. The van der Waals surface area contributed by atoms with Gasteiger partial charge in [0.05, 0.1) is 0 Å². The number of aliphatic hydroxyl groups excluding tert-OH is 2. The zero-order valence-corrected chi connectivity index (χ0v) is 11.6. The van der Waals surface area contributed by atoms with Gasteiger partial charge in [-0.15, -0.1) is 0 Å². The molecule has 0 aromatic heterocycles. The summed E-state index contributed by atoms with van der Waals surface area (Å²) in [4.78, 5) is 20.5. The second-order valence-corrected chi connectivity index (χ2v) is 5.66. The molecule has 0 spiro atoms. The quantitative estimate of drug-likeness (QED) is 0.618. The molecule has 0 saturated heterocycles. The summed E-state index contributed by atoms with van der Waals surface area (Å²) < 4.78 is 0. The summed E-state index contributed by atoms with van der Waals surface area (Å²) in [5.41, 5.74) is 0. The van der Waals surface area contributed by atoms with E-state index in [1.807, 2.05) is 0 Å². The number of carboxylic acids is 2. The van der Waals surface area contributed by atoms with Crippen molar-refractivity contribution < 1.29 is 30.0 Å². The second-order valence-electron chi connectivity index (χ2n) is 5.66. The van der Waals surface area contributed by atoms with Gasteiger partial charge in [0.25, 0.3) is 0 Å². The van der Waals surface area contributed by atoms with E-state index in [4.69, 9.17) is 20.4 Å². The average Bonchev–Trinajstić information content (AvgIpc) is 3.10. The molecule has 0 radical (unpaired) electrons. The topological polar surface area (TPSA) is 115 Å². The highest BCUT2D eigenvalue weighted by molar-refractivity contribution is 5.72. The molecule has 0 bridgehead atoms. The summed E-state index contributed by atoms with van der Waals surface area (Å²) in [5, 5.41) is 34.8. The van der Waals surface area contributed by atoms with Crippen molar-refractivity contribution in [3.63, 3.8) is 0 Å². The van der Waals surface area contributed by atoms with Crippen LogP contribution in [-0.4, -0.2) is 44.6 Å². The maximum Gasteiger partial charge on any atom is 0.332 e. The van der Waals surface area contributed by atoms with Crippen LogP contribution >= 0.6 is 0 Å². The Balaban J connectivity index is 0.000000200. The number of aliphatic hydroxyl groups is 2. The van der Waals surface area contributed by atoms with E-state index in [9.17, 15) is 9.59 Å². The van der Waals surface area contributed by atoms with Crippen molar-refractivity contribution in [2.75, 3.05) is 0 Å². The van der Waals surface area contributed by atoms with E-state index in [-0.39, 0.29) is 11.8 Å². The van der Waals surface area contributed by atoms with Crippen molar-refractivity contribution in [1.82, 2.24) is 0 Å². The lowest BCUT2D eigenvalue weighted by Crippen LogP contribution is -2.27. The molecule has 2 fully saturated rings. The fourth-order valence-electron chi connectivity index (χ4n) is 2.95. The zero-order chi connectivity index (χ0) is 15.1. The van der Waals surface area contributed by atoms with Crippen LogP contribution in [0.3, 0.4) is 0 Å². The number of hydrogen-bond acceptors (Lipinski definition) is 4. The van der Waals surface area contributed by atoms with Crippen LogP contribution in [0.25, 0.3) is 0 Å². The minimum Gasteiger partial charge on any atom is -0.479 e. The highest BCUT2D eigenvalue weighted by Gasteiger charge is 2.28. The summed E-state index contributed by atoms with van der Waals surface area (Å²) in [7, 11) is 0. The molecule has 2 atom stereocenters. The summed E-state index contributed by atoms with van der Waals surface area (Å²) in [6.07, 6.45) is 5.49. The van der Waals surface area contributed by atoms with E-state index < -0.39 is 24.1 Å². The van der Waals surface area contributed by atoms with Gasteiger partial charge in [-0.25, -0.2) is 9.59 Å². The zero-order valence-electron chi connectivity index (χ0n) is 11.6. The van der Waals surface area contributed by atoms with Gasteiger partial charge in [0.2, 0.25) is 0 Å². The van der Waals surface area contributed by atoms with Crippen LogP contribution in [0.1, 0.15) is 51.4 Å². The summed E-state index contributed by atoms with van der Waals surface area (Å²) in [6.45, 7) is 0. The van der Waals surface area contributed by atoms with Gasteiger partial charge in [-0.3, -0.25) is 0 Å². The summed E-state index contributed by atoms with van der Waals surface area (Å²) in [6, 6.07) is 0. The first-order valence-corrected chi connectivity index (χ1v) is 7.25. The summed E-state index contributed by atoms with van der Waals surface area (Å²) >= 11 is 0. The van der Waals surface area contributed by atoms with Crippen LogP contribution < -0.4 is 0 Å². The van der Waals surface area contributed by atoms with E-state index in [1.165, 1.54) is 0 Å². The van der Waals surface area contributed by atoms with Gasteiger partial charge in [-0.2, -0.15) is 0 Å². The third-order valence-electron chi connectivity index (χ3n) is 4.20. The first-order chi connectivity index (χ1) is 9.43. The van der Waals surface area contributed by atoms with Crippen LogP contribution in [-0.2, 0) is 9.59 Å². The molecular weight excluding hydrogens is 264 g/mol. The van der Waals surface area contributed by atoms with Gasteiger partial charge >= 0.3 is 11.9 Å².